The van der Waals surface area contributed by atoms with Crippen molar-refractivity contribution in [2.45, 2.75) is 46.1 Å². The van der Waals surface area contributed by atoms with E-state index in [1.807, 2.05) is 36.9 Å². The van der Waals surface area contributed by atoms with Gasteiger partial charge in [0.1, 0.15) is 0 Å². The molecule has 0 aromatic heterocycles. The van der Waals surface area contributed by atoms with Crippen LogP contribution in [0.25, 0.3) is 0 Å². The fraction of sp³-hybridized carbons (Fsp3) is 0.550. The number of benzene rings is 1. The second-order valence-electron chi connectivity index (χ2n) is 7.09. The molecule has 0 radical (unpaired) electrons. The fourth-order valence-corrected chi connectivity index (χ4v) is 4.00. The molecule has 2 aliphatic rings. The van der Waals surface area contributed by atoms with Crippen molar-refractivity contribution in [3.63, 3.8) is 0 Å². The van der Waals surface area contributed by atoms with Crippen LogP contribution in [0.1, 0.15) is 37.3 Å². The number of imide groups is 1. The molecule has 1 atom stereocenters. The number of hydrogen-bond donors (Lipinski definition) is 0. The Morgan fingerprint density at radius 3 is 2.35 bits per heavy atom. The number of piperidine rings is 1. The molecular formula is C20H26N2O4. The molecule has 0 saturated carbocycles. The number of para-hydroxylation sites is 1. The number of nitrogens with zero attached hydrogens (tertiary/aromatic N) is 2. The van der Waals surface area contributed by atoms with Crippen molar-refractivity contribution >= 4 is 23.5 Å². The lowest BCUT2D eigenvalue weighted by atomic mass is 9.95. The van der Waals surface area contributed by atoms with Crippen LogP contribution >= 0.6 is 0 Å². The molecule has 2 amide bonds. The van der Waals surface area contributed by atoms with E-state index in [0.29, 0.717) is 38.2 Å². The maximum absolute atomic E-state index is 13.0. The average Bonchev–Trinajstić information content (AvgIpc) is 2.90. The number of carbonyl (C=O) groups is 3. The zero-order valence-electron chi connectivity index (χ0n) is 15.7. The van der Waals surface area contributed by atoms with Crippen molar-refractivity contribution in [1.82, 2.24) is 4.90 Å². The molecule has 2 heterocycles. The van der Waals surface area contributed by atoms with Gasteiger partial charge in [0.05, 0.1) is 30.7 Å². The third kappa shape index (κ3) is 3.38. The molecule has 2 saturated heterocycles. The third-order valence-electron chi connectivity index (χ3n) is 5.38. The van der Waals surface area contributed by atoms with Crippen molar-refractivity contribution in [2.24, 2.45) is 5.92 Å². The molecule has 0 N–H and O–H groups in total. The van der Waals surface area contributed by atoms with Crippen LogP contribution in [0.3, 0.4) is 0 Å². The highest BCUT2D eigenvalue weighted by atomic mass is 16.5. The predicted molar refractivity (Wildman–Crippen MR) is 97.7 cm³/mol. The van der Waals surface area contributed by atoms with Crippen molar-refractivity contribution < 1.29 is 19.1 Å². The van der Waals surface area contributed by atoms with Gasteiger partial charge in [0.15, 0.2) is 0 Å². The Labute approximate surface area is 154 Å². The average molecular weight is 358 g/mol. The Kier molecular flexibility index (Phi) is 5.41. The molecule has 3 rings (SSSR count). The Morgan fingerprint density at radius 2 is 1.77 bits per heavy atom. The first kappa shape index (κ1) is 18.6. The van der Waals surface area contributed by atoms with Crippen LogP contribution in [0.5, 0.6) is 0 Å². The lowest BCUT2D eigenvalue weighted by Gasteiger charge is -2.33. The van der Waals surface area contributed by atoms with Crippen LogP contribution in [0, 0.1) is 19.8 Å². The lowest BCUT2D eigenvalue weighted by molar-refractivity contribution is -0.149. The van der Waals surface area contributed by atoms with Gasteiger partial charge in [0.2, 0.25) is 5.91 Å². The first-order valence-electron chi connectivity index (χ1n) is 9.27. The SMILES string of the molecule is CCOC(=O)C1CCN([C@@H]2CC(=O)N(c3c(C)cccc3C)C2=O)CC1. The van der Waals surface area contributed by atoms with Crippen molar-refractivity contribution in [3.05, 3.63) is 29.3 Å². The summed E-state index contributed by atoms with van der Waals surface area (Å²) in [5.74, 6) is -0.557. The van der Waals surface area contributed by atoms with Crippen LogP contribution in [0.15, 0.2) is 18.2 Å². The van der Waals surface area contributed by atoms with Gasteiger partial charge in [-0.05, 0) is 57.8 Å². The number of hydrogen-bond acceptors (Lipinski definition) is 5. The molecular weight excluding hydrogens is 332 g/mol. The van der Waals surface area contributed by atoms with Gasteiger partial charge >= 0.3 is 5.97 Å². The van der Waals surface area contributed by atoms with Gasteiger partial charge in [-0.25, -0.2) is 4.90 Å². The number of carbonyl (C=O) groups excluding carboxylic acids is 3. The first-order chi connectivity index (χ1) is 12.4. The highest BCUT2D eigenvalue weighted by molar-refractivity contribution is 6.23. The highest BCUT2D eigenvalue weighted by Crippen LogP contribution is 2.32. The van der Waals surface area contributed by atoms with E-state index in [0.717, 1.165) is 11.1 Å². The summed E-state index contributed by atoms with van der Waals surface area (Å²) in [7, 11) is 0. The molecule has 1 aromatic rings. The Bertz CT molecular complexity index is 702. The smallest absolute Gasteiger partial charge is 0.309 e. The standard InChI is InChI=1S/C20H26N2O4/c1-4-26-20(25)15-8-10-21(11-9-15)16-12-17(23)22(19(16)24)18-13(2)6-5-7-14(18)3/h5-7,15-16H,4,8-12H2,1-3H3/t16-/m1/s1. The third-order valence-corrected chi connectivity index (χ3v) is 5.38. The summed E-state index contributed by atoms with van der Waals surface area (Å²) in [6.45, 7) is 7.29. The van der Waals surface area contributed by atoms with E-state index in [-0.39, 0.29) is 30.1 Å². The molecule has 140 valence electrons. The van der Waals surface area contributed by atoms with Crippen LogP contribution in [0.4, 0.5) is 5.69 Å². The summed E-state index contributed by atoms with van der Waals surface area (Å²) in [6, 6.07) is 5.34. The fourth-order valence-electron chi connectivity index (χ4n) is 4.00. The summed E-state index contributed by atoms with van der Waals surface area (Å²) < 4.78 is 5.09. The van der Waals surface area contributed by atoms with Crippen LogP contribution in [0.2, 0.25) is 0 Å². The van der Waals surface area contributed by atoms with Crippen molar-refractivity contribution in [2.75, 3.05) is 24.6 Å². The number of esters is 1. The van der Waals surface area contributed by atoms with E-state index in [2.05, 4.69) is 0 Å². The second kappa shape index (κ2) is 7.58. The van der Waals surface area contributed by atoms with Gasteiger partial charge in [-0.3, -0.25) is 19.3 Å². The predicted octanol–water partition coefficient (Wildman–Crippen LogP) is 2.21. The summed E-state index contributed by atoms with van der Waals surface area (Å²) in [5.41, 5.74) is 2.56. The number of ether oxygens (including phenoxy) is 1. The zero-order chi connectivity index (χ0) is 18.8. The number of aryl methyl sites for hydroxylation is 2. The number of anilines is 1. The minimum atomic E-state index is -0.426. The van der Waals surface area contributed by atoms with E-state index in [4.69, 9.17) is 4.74 Å². The quantitative estimate of drug-likeness (QED) is 0.610. The maximum atomic E-state index is 13.0. The molecule has 6 heteroatoms. The number of rotatable bonds is 4. The van der Waals surface area contributed by atoms with Crippen LogP contribution < -0.4 is 4.90 Å². The largest absolute Gasteiger partial charge is 0.466 e. The molecule has 0 aliphatic carbocycles. The maximum Gasteiger partial charge on any atom is 0.309 e. The van der Waals surface area contributed by atoms with Crippen molar-refractivity contribution in [3.8, 4) is 0 Å². The molecule has 0 bridgehead atoms. The molecule has 6 nitrogen and oxygen atoms in total. The minimum absolute atomic E-state index is 0.104. The summed E-state index contributed by atoms with van der Waals surface area (Å²) in [5, 5.41) is 0. The van der Waals surface area contributed by atoms with Gasteiger partial charge in [-0.2, -0.15) is 0 Å². The topological polar surface area (TPSA) is 66.9 Å². The van der Waals surface area contributed by atoms with Crippen LogP contribution in [-0.4, -0.2) is 48.4 Å². The van der Waals surface area contributed by atoms with Gasteiger partial charge in [0.25, 0.3) is 5.91 Å². The molecule has 0 unspecified atom stereocenters. The molecule has 0 spiro atoms. The van der Waals surface area contributed by atoms with Gasteiger partial charge in [0, 0.05) is 0 Å². The van der Waals surface area contributed by atoms with E-state index in [1.54, 1.807) is 6.92 Å². The van der Waals surface area contributed by atoms with Crippen molar-refractivity contribution in [1.29, 1.82) is 0 Å². The minimum Gasteiger partial charge on any atom is -0.466 e. The van der Waals surface area contributed by atoms with Gasteiger partial charge < -0.3 is 4.74 Å². The van der Waals surface area contributed by atoms with E-state index < -0.39 is 6.04 Å². The Hall–Kier alpha value is -2.21. The first-order valence-corrected chi connectivity index (χ1v) is 9.27. The second-order valence-corrected chi connectivity index (χ2v) is 7.09. The number of likely N-dealkylation sites (tertiary alicyclic amines) is 1. The summed E-state index contributed by atoms with van der Waals surface area (Å²) in [6.07, 6.45) is 1.54. The summed E-state index contributed by atoms with van der Waals surface area (Å²) >= 11 is 0. The number of amides is 2. The van der Waals surface area contributed by atoms with Gasteiger partial charge in [-0.15, -0.1) is 0 Å². The Balaban J connectivity index is 1.71. The normalized spacial score (nSPS) is 22.1. The van der Waals surface area contributed by atoms with E-state index >= 15 is 0 Å². The molecule has 2 aliphatic heterocycles. The Morgan fingerprint density at radius 1 is 1.15 bits per heavy atom. The lowest BCUT2D eigenvalue weighted by Crippen LogP contribution is -2.47. The van der Waals surface area contributed by atoms with Crippen LogP contribution in [-0.2, 0) is 19.1 Å². The molecule has 2 fully saturated rings. The molecule has 26 heavy (non-hydrogen) atoms. The van der Waals surface area contributed by atoms with Gasteiger partial charge in [-0.1, -0.05) is 18.2 Å². The monoisotopic (exact) mass is 358 g/mol. The summed E-state index contributed by atoms with van der Waals surface area (Å²) in [4.78, 5) is 40.9. The van der Waals surface area contributed by atoms with E-state index in [1.165, 1.54) is 4.90 Å². The highest BCUT2D eigenvalue weighted by Gasteiger charge is 2.44. The van der Waals surface area contributed by atoms with E-state index in [9.17, 15) is 14.4 Å². The zero-order valence-corrected chi connectivity index (χ0v) is 15.7. The molecule has 1 aromatic carbocycles.